The van der Waals surface area contributed by atoms with Gasteiger partial charge >= 0.3 is 0 Å². The third-order valence-corrected chi connectivity index (χ3v) is 6.62. The fourth-order valence-corrected chi connectivity index (χ4v) is 4.85. The van der Waals surface area contributed by atoms with Crippen molar-refractivity contribution in [2.75, 3.05) is 5.32 Å². The summed E-state index contributed by atoms with van der Waals surface area (Å²) in [7, 11) is 0. The van der Waals surface area contributed by atoms with E-state index in [2.05, 4.69) is 22.9 Å². The number of carbonyl (C=O) groups is 2. The monoisotopic (exact) mass is 475 g/mol. The number of halogens is 2. The summed E-state index contributed by atoms with van der Waals surface area (Å²) >= 11 is 12.3. The second kappa shape index (κ2) is 12.2. The first-order valence-corrected chi connectivity index (χ1v) is 12.0. The molecule has 0 aliphatic heterocycles. The van der Waals surface area contributed by atoms with Crippen molar-refractivity contribution in [3.05, 3.63) is 63.6 Å². The van der Waals surface area contributed by atoms with E-state index in [4.69, 9.17) is 23.2 Å². The summed E-state index contributed by atoms with van der Waals surface area (Å²) < 4.78 is 0. The zero-order valence-corrected chi connectivity index (χ0v) is 19.9. The van der Waals surface area contributed by atoms with Gasteiger partial charge in [0.05, 0.1) is 6.04 Å². The molecule has 1 aliphatic carbocycles. The highest BCUT2D eigenvalue weighted by molar-refractivity contribution is 6.31. The van der Waals surface area contributed by atoms with Gasteiger partial charge in [-0.05, 0) is 54.7 Å². The van der Waals surface area contributed by atoms with Crippen molar-refractivity contribution < 1.29 is 9.59 Å². The quantitative estimate of drug-likeness (QED) is 0.388. The fourth-order valence-electron chi connectivity index (χ4n) is 4.48. The molecular formula is C25H31Cl2N3O2. The van der Waals surface area contributed by atoms with Gasteiger partial charge in [0.25, 0.3) is 0 Å². The number of rotatable bonds is 10. The van der Waals surface area contributed by atoms with Crippen LogP contribution in [0.15, 0.2) is 42.5 Å². The van der Waals surface area contributed by atoms with Crippen LogP contribution in [-0.2, 0) is 16.1 Å². The van der Waals surface area contributed by atoms with E-state index >= 15 is 0 Å². The molecule has 32 heavy (non-hydrogen) atoms. The Kier molecular flexibility index (Phi) is 9.39. The van der Waals surface area contributed by atoms with Crippen LogP contribution >= 0.6 is 23.2 Å². The van der Waals surface area contributed by atoms with Crippen LogP contribution < -0.4 is 16.0 Å². The molecule has 2 atom stereocenters. The fraction of sp³-hybridized carbons (Fsp3) is 0.440. The van der Waals surface area contributed by atoms with E-state index in [1.165, 1.54) is 6.42 Å². The summed E-state index contributed by atoms with van der Waals surface area (Å²) in [6.07, 6.45) is 6.99. The number of nitrogens with one attached hydrogen (secondary N) is 3. The van der Waals surface area contributed by atoms with E-state index < -0.39 is 6.04 Å². The van der Waals surface area contributed by atoms with Crippen molar-refractivity contribution in [3.8, 4) is 0 Å². The number of carbonyl (C=O) groups excluding carboxylic acids is 2. The first-order chi connectivity index (χ1) is 15.5. The average Bonchev–Trinajstić information content (AvgIpc) is 2.78. The van der Waals surface area contributed by atoms with E-state index in [1.807, 2.05) is 30.3 Å². The lowest BCUT2D eigenvalue weighted by Gasteiger charge is -2.30. The molecule has 1 fully saturated rings. The molecule has 0 heterocycles. The molecule has 3 N–H and O–H groups in total. The Bertz CT molecular complexity index is 916. The normalized spacial score (nSPS) is 16.2. The molecule has 0 spiro atoms. The van der Waals surface area contributed by atoms with Crippen LogP contribution in [0.5, 0.6) is 0 Å². The van der Waals surface area contributed by atoms with E-state index in [0.29, 0.717) is 28.7 Å². The zero-order chi connectivity index (χ0) is 22.9. The van der Waals surface area contributed by atoms with Crippen LogP contribution in [0, 0.1) is 0 Å². The van der Waals surface area contributed by atoms with Crippen LogP contribution in [0.25, 0.3) is 0 Å². The van der Waals surface area contributed by atoms with Gasteiger partial charge < -0.3 is 16.0 Å². The van der Waals surface area contributed by atoms with Crippen LogP contribution in [0.3, 0.4) is 0 Å². The van der Waals surface area contributed by atoms with Gasteiger partial charge in [-0.3, -0.25) is 9.59 Å². The summed E-state index contributed by atoms with van der Waals surface area (Å²) in [5.41, 5.74) is 2.51. The molecule has 2 aromatic rings. The van der Waals surface area contributed by atoms with Crippen LogP contribution in [-0.4, -0.2) is 24.4 Å². The SMILES string of the molecule is CCC(c1cccc(Cl)c1)[C@@H](NCc1ccc(Cl)cc1NC=O)C(=O)NC1CCCCC1. The number of hydrogen-bond donors (Lipinski definition) is 3. The molecule has 2 amide bonds. The Hall–Kier alpha value is -2.08. The Morgan fingerprint density at radius 1 is 1.09 bits per heavy atom. The molecule has 5 nitrogen and oxygen atoms in total. The minimum atomic E-state index is -0.444. The Balaban J connectivity index is 1.84. The topological polar surface area (TPSA) is 70.2 Å². The molecule has 0 aromatic heterocycles. The van der Waals surface area contributed by atoms with Crippen molar-refractivity contribution in [1.29, 1.82) is 0 Å². The Morgan fingerprint density at radius 2 is 1.84 bits per heavy atom. The maximum atomic E-state index is 13.5. The first-order valence-electron chi connectivity index (χ1n) is 11.3. The van der Waals surface area contributed by atoms with Crippen molar-refractivity contribution in [3.63, 3.8) is 0 Å². The number of amides is 2. The van der Waals surface area contributed by atoms with Gasteiger partial charge in [0, 0.05) is 34.2 Å². The van der Waals surface area contributed by atoms with Crippen molar-refractivity contribution in [2.45, 2.75) is 70.0 Å². The van der Waals surface area contributed by atoms with Crippen molar-refractivity contribution in [2.24, 2.45) is 0 Å². The molecule has 7 heteroatoms. The van der Waals surface area contributed by atoms with E-state index in [-0.39, 0.29) is 17.9 Å². The minimum absolute atomic E-state index is 0.00239. The number of benzene rings is 2. The van der Waals surface area contributed by atoms with Gasteiger partial charge in [-0.2, -0.15) is 0 Å². The van der Waals surface area contributed by atoms with E-state index in [1.54, 1.807) is 12.1 Å². The van der Waals surface area contributed by atoms with Gasteiger partial charge in [0.15, 0.2) is 0 Å². The molecule has 0 radical (unpaired) electrons. The highest BCUT2D eigenvalue weighted by Crippen LogP contribution is 2.28. The summed E-state index contributed by atoms with van der Waals surface area (Å²) in [6.45, 7) is 2.49. The molecule has 3 rings (SSSR count). The molecular weight excluding hydrogens is 445 g/mol. The number of anilines is 1. The lowest BCUT2D eigenvalue weighted by atomic mass is 9.87. The van der Waals surface area contributed by atoms with Crippen LogP contribution in [0.1, 0.15) is 62.5 Å². The van der Waals surface area contributed by atoms with Crippen LogP contribution in [0.2, 0.25) is 10.0 Å². The second-order valence-electron chi connectivity index (χ2n) is 8.34. The van der Waals surface area contributed by atoms with Gasteiger partial charge in [-0.25, -0.2) is 0 Å². The summed E-state index contributed by atoms with van der Waals surface area (Å²) in [6, 6.07) is 12.8. The predicted octanol–water partition coefficient (Wildman–Crippen LogP) is 5.66. The summed E-state index contributed by atoms with van der Waals surface area (Å²) in [4.78, 5) is 24.5. The van der Waals surface area contributed by atoms with E-state index in [9.17, 15) is 9.59 Å². The van der Waals surface area contributed by atoms with Gasteiger partial charge in [0.2, 0.25) is 12.3 Å². The number of hydrogen-bond acceptors (Lipinski definition) is 3. The maximum Gasteiger partial charge on any atom is 0.237 e. The first kappa shape index (κ1) is 24.6. The third kappa shape index (κ3) is 6.71. The molecule has 1 saturated carbocycles. The van der Waals surface area contributed by atoms with Crippen molar-refractivity contribution >= 4 is 41.2 Å². The molecule has 1 aliphatic rings. The lowest BCUT2D eigenvalue weighted by molar-refractivity contribution is -0.124. The molecule has 0 saturated heterocycles. The molecule has 2 aromatic carbocycles. The lowest BCUT2D eigenvalue weighted by Crippen LogP contribution is -2.50. The summed E-state index contributed by atoms with van der Waals surface area (Å²) in [5.74, 6) is -0.0466. The van der Waals surface area contributed by atoms with Gasteiger partial charge in [-0.15, -0.1) is 0 Å². The van der Waals surface area contributed by atoms with Gasteiger partial charge in [0.1, 0.15) is 0 Å². The van der Waals surface area contributed by atoms with Crippen molar-refractivity contribution in [1.82, 2.24) is 10.6 Å². The largest absolute Gasteiger partial charge is 0.352 e. The predicted molar refractivity (Wildman–Crippen MR) is 131 cm³/mol. The standard InChI is InChI=1S/C25H31Cl2N3O2/c1-2-22(17-7-6-8-19(26)13-17)24(25(32)30-21-9-4-3-5-10-21)28-15-18-11-12-20(27)14-23(18)29-16-31/h6-8,11-14,16,21-22,24,28H,2-5,9-10,15H2,1H3,(H,29,31)(H,30,32)/t22?,24-/m1/s1. The Labute approximate surface area is 200 Å². The highest BCUT2D eigenvalue weighted by Gasteiger charge is 2.30. The maximum absolute atomic E-state index is 13.5. The zero-order valence-electron chi connectivity index (χ0n) is 18.4. The second-order valence-corrected chi connectivity index (χ2v) is 9.21. The molecule has 172 valence electrons. The average molecular weight is 476 g/mol. The summed E-state index contributed by atoms with van der Waals surface area (Å²) in [5, 5.41) is 10.6. The molecule has 0 bridgehead atoms. The molecule has 1 unspecified atom stereocenters. The smallest absolute Gasteiger partial charge is 0.237 e. The minimum Gasteiger partial charge on any atom is -0.352 e. The third-order valence-electron chi connectivity index (χ3n) is 6.15. The van der Waals surface area contributed by atoms with Gasteiger partial charge in [-0.1, -0.05) is 67.6 Å². The van der Waals surface area contributed by atoms with E-state index in [0.717, 1.165) is 43.2 Å². The Morgan fingerprint density at radius 3 is 2.53 bits per heavy atom. The van der Waals surface area contributed by atoms with Crippen LogP contribution in [0.4, 0.5) is 5.69 Å². The highest BCUT2D eigenvalue weighted by atomic mass is 35.5.